The van der Waals surface area contributed by atoms with E-state index in [0.29, 0.717) is 18.7 Å². The van der Waals surface area contributed by atoms with Crippen LogP contribution in [0.3, 0.4) is 0 Å². The molecule has 2 heterocycles. The topological polar surface area (TPSA) is 71.3 Å². The van der Waals surface area contributed by atoms with E-state index in [1.54, 1.807) is 18.2 Å². The van der Waals surface area contributed by atoms with Crippen LogP contribution in [0.25, 0.3) is 22.0 Å². The van der Waals surface area contributed by atoms with Gasteiger partial charge in [-0.1, -0.05) is 12.1 Å². The number of hydrogen-bond donors (Lipinski definition) is 2. The highest BCUT2D eigenvalue weighted by Gasteiger charge is 2.41. The first kappa shape index (κ1) is 17.9. The summed E-state index contributed by atoms with van der Waals surface area (Å²) in [6.45, 7) is 1.26. The van der Waals surface area contributed by atoms with Crippen LogP contribution in [0.1, 0.15) is 33.9 Å². The highest BCUT2D eigenvalue weighted by Crippen LogP contribution is 2.42. The van der Waals surface area contributed by atoms with Crippen LogP contribution in [0, 0.1) is 11.6 Å². The molecule has 1 aliphatic carbocycles. The molecule has 1 fully saturated rings. The van der Waals surface area contributed by atoms with Gasteiger partial charge in [-0.05, 0) is 28.8 Å². The number of fused-ring (bicyclic) bond motifs is 2. The predicted octanol–water partition coefficient (Wildman–Crippen LogP) is 3.53. The first-order valence-electron chi connectivity index (χ1n) is 9.14. The molecule has 2 aliphatic rings. The summed E-state index contributed by atoms with van der Waals surface area (Å²) in [7, 11) is 0. The maximum atomic E-state index is 15.6. The van der Waals surface area contributed by atoms with Crippen molar-refractivity contribution in [3.63, 3.8) is 0 Å². The minimum atomic E-state index is -1.53. The molecule has 0 radical (unpaired) electrons. The van der Waals surface area contributed by atoms with E-state index in [1.165, 1.54) is 0 Å². The number of nitrogens with one attached hydrogen (secondary N) is 1. The number of nitrogens with zero attached hydrogens (tertiary/aromatic N) is 1. The lowest BCUT2D eigenvalue weighted by Crippen LogP contribution is -2.20. The van der Waals surface area contributed by atoms with Gasteiger partial charge in [0.15, 0.2) is 5.82 Å². The Balaban J connectivity index is 1.83. The van der Waals surface area contributed by atoms with Gasteiger partial charge >= 0.3 is 5.97 Å². The van der Waals surface area contributed by atoms with Crippen molar-refractivity contribution in [2.75, 3.05) is 0 Å². The fraction of sp³-hybridized carbons (Fsp3) is 0.238. The molecule has 2 N–H and O–H groups in total. The van der Waals surface area contributed by atoms with E-state index in [-0.39, 0.29) is 17.5 Å². The molecule has 148 valence electrons. The molecule has 5 rings (SSSR count). The number of hydrogen-bond acceptors (Lipinski definition) is 3. The summed E-state index contributed by atoms with van der Waals surface area (Å²) in [4.78, 5) is 23.9. The highest BCUT2D eigenvalue weighted by atomic mass is 19.1. The van der Waals surface area contributed by atoms with Gasteiger partial charge in [-0.2, -0.15) is 0 Å². The number of halogens is 3. The second-order valence-electron chi connectivity index (χ2n) is 7.43. The van der Waals surface area contributed by atoms with Crippen LogP contribution in [0.5, 0.6) is 0 Å². The summed E-state index contributed by atoms with van der Waals surface area (Å²) in [6.07, 6.45) is -0.246. The normalized spacial score (nSPS) is 20.1. The quantitative estimate of drug-likeness (QED) is 0.706. The molecular weight excluding hydrogens is 385 g/mol. The standard InChI is InChI=1S/C21H15F3N2O3/c22-14-5-16(14)26-8-13(21(28)29)20(27)12-4-15(23)17(18(24)19(12)26)9-1-2-10-6-25-7-11(10)3-9/h1-4,8,14,16,25H,5-7H2,(H,28,29)/t14-,16-/m1/s1. The van der Waals surface area contributed by atoms with Crippen LogP contribution in [0.15, 0.2) is 35.3 Å². The predicted molar refractivity (Wildman–Crippen MR) is 99.6 cm³/mol. The van der Waals surface area contributed by atoms with E-state index in [9.17, 15) is 23.5 Å². The van der Waals surface area contributed by atoms with E-state index in [2.05, 4.69) is 5.32 Å². The zero-order chi connectivity index (χ0) is 20.4. The minimum absolute atomic E-state index is 0.0771. The van der Waals surface area contributed by atoms with Crippen molar-refractivity contribution < 1.29 is 23.1 Å². The lowest BCUT2D eigenvalue weighted by molar-refractivity contribution is 0.0694. The number of carbonyl (C=O) groups is 1. The van der Waals surface area contributed by atoms with E-state index < -0.39 is 46.2 Å². The van der Waals surface area contributed by atoms with Gasteiger partial charge < -0.3 is 15.0 Å². The highest BCUT2D eigenvalue weighted by molar-refractivity contribution is 5.94. The smallest absolute Gasteiger partial charge is 0.341 e. The van der Waals surface area contributed by atoms with Crippen LogP contribution < -0.4 is 10.7 Å². The third-order valence-electron chi connectivity index (χ3n) is 5.60. The molecule has 1 aliphatic heterocycles. The maximum absolute atomic E-state index is 15.6. The Hall–Kier alpha value is -3.13. The van der Waals surface area contributed by atoms with Gasteiger partial charge in [0, 0.05) is 25.7 Å². The minimum Gasteiger partial charge on any atom is -0.477 e. The lowest BCUT2D eigenvalue weighted by Gasteiger charge is -2.15. The monoisotopic (exact) mass is 400 g/mol. The molecule has 0 spiro atoms. The zero-order valence-electron chi connectivity index (χ0n) is 15.0. The van der Waals surface area contributed by atoms with E-state index in [4.69, 9.17) is 0 Å². The average molecular weight is 400 g/mol. The van der Waals surface area contributed by atoms with Gasteiger partial charge in [0.1, 0.15) is 17.6 Å². The van der Waals surface area contributed by atoms with Crippen LogP contribution in [0.2, 0.25) is 0 Å². The van der Waals surface area contributed by atoms with Gasteiger partial charge in [0.25, 0.3) is 0 Å². The SMILES string of the molecule is O=C(O)c1cn([C@@H]2C[C@H]2F)c2c(F)c(-c3ccc4c(c3)CNC4)c(F)cc2c1=O. The maximum Gasteiger partial charge on any atom is 0.341 e. The third kappa shape index (κ3) is 2.66. The molecule has 0 unspecified atom stereocenters. The van der Waals surface area contributed by atoms with Crippen LogP contribution in [-0.2, 0) is 13.1 Å². The Bertz CT molecular complexity index is 1270. The van der Waals surface area contributed by atoms with Crippen LogP contribution >= 0.6 is 0 Å². The average Bonchev–Trinajstić information content (AvgIpc) is 3.21. The number of alkyl halides is 1. The first-order valence-corrected chi connectivity index (χ1v) is 9.14. The Morgan fingerprint density at radius 3 is 2.59 bits per heavy atom. The van der Waals surface area contributed by atoms with E-state index in [1.807, 2.05) is 0 Å². The van der Waals surface area contributed by atoms with Gasteiger partial charge in [0.05, 0.1) is 22.5 Å². The van der Waals surface area contributed by atoms with Crippen LogP contribution in [-0.4, -0.2) is 21.8 Å². The number of rotatable bonds is 3. The number of pyridine rings is 1. The second kappa shape index (κ2) is 6.18. The van der Waals surface area contributed by atoms with Crippen molar-refractivity contribution in [3.05, 3.63) is 69.0 Å². The molecule has 29 heavy (non-hydrogen) atoms. The second-order valence-corrected chi connectivity index (χ2v) is 7.43. The molecule has 8 heteroatoms. The summed E-state index contributed by atoms with van der Waals surface area (Å²) in [6, 6.07) is 5.13. The fourth-order valence-corrected chi connectivity index (χ4v) is 4.01. The molecule has 1 saturated carbocycles. The van der Waals surface area contributed by atoms with E-state index in [0.717, 1.165) is 28.0 Å². The fourth-order valence-electron chi connectivity index (χ4n) is 4.01. The third-order valence-corrected chi connectivity index (χ3v) is 5.60. The summed E-state index contributed by atoms with van der Waals surface area (Å²) >= 11 is 0. The number of aromatic carboxylic acids is 1. The molecule has 0 bridgehead atoms. The Morgan fingerprint density at radius 2 is 1.90 bits per heavy atom. The summed E-state index contributed by atoms with van der Waals surface area (Å²) in [5.41, 5.74) is 0.0228. The molecule has 2 aromatic carbocycles. The van der Waals surface area contributed by atoms with Crippen molar-refractivity contribution in [3.8, 4) is 11.1 Å². The van der Waals surface area contributed by atoms with Crippen molar-refractivity contribution in [2.24, 2.45) is 0 Å². The summed E-state index contributed by atoms with van der Waals surface area (Å²) in [5, 5.41) is 12.0. The zero-order valence-corrected chi connectivity index (χ0v) is 15.0. The number of carboxylic acid groups (broad SMARTS) is 1. The molecule has 2 atom stereocenters. The van der Waals surface area contributed by atoms with Gasteiger partial charge in [-0.25, -0.2) is 18.0 Å². The Morgan fingerprint density at radius 1 is 1.17 bits per heavy atom. The van der Waals surface area contributed by atoms with Crippen molar-refractivity contribution in [2.45, 2.75) is 31.7 Å². The lowest BCUT2D eigenvalue weighted by atomic mass is 9.97. The largest absolute Gasteiger partial charge is 0.477 e. The van der Waals surface area contributed by atoms with Crippen LogP contribution in [0.4, 0.5) is 13.2 Å². The molecular formula is C21H15F3N2O3. The molecule has 1 aromatic heterocycles. The number of aromatic nitrogens is 1. The molecule has 3 aromatic rings. The molecule has 0 saturated heterocycles. The summed E-state index contributed by atoms with van der Waals surface area (Å²) < 4.78 is 45.4. The van der Waals surface area contributed by atoms with Crippen molar-refractivity contribution >= 4 is 16.9 Å². The van der Waals surface area contributed by atoms with Crippen molar-refractivity contribution in [1.29, 1.82) is 0 Å². The van der Waals surface area contributed by atoms with E-state index >= 15 is 4.39 Å². The van der Waals surface area contributed by atoms with Gasteiger partial charge in [-0.3, -0.25) is 4.79 Å². The first-order chi connectivity index (χ1) is 13.9. The summed E-state index contributed by atoms with van der Waals surface area (Å²) in [5.74, 6) is -3.50. The number of carboxylic acids is 1. The molecule has 5 nitrogen and oxygen atoms in total. The van der Waals surface area contributed by atoms with Crippen molar-refractivity contribution in [1.82, 2.24) is 9.88 Å². The van der Waals surface area contributed by atoms with Gasteiger partial charge in [0.2, 0.25) is 5.43 Å². The Labute approximate surface area is 162 Å². The Kier molecular flexibility index (Phi) is 3.82. The number of benzene rings is 2. The van der Waals surface area contributed by atoms with Gasteiger partial charge in [-0.15, -0.1) is 0 Å². The molecule has 0 amide bonds.